The number of hydrogen-bond acceptors (Lipinski definition) is 1. The maximum atomic E-state index is 15.4. The van der Waals surface area contributed by atoms with E-state index in [1.54, 1.807) is 0 Å². The Morgan fingerprint density at radius 2 is 0.509 bits per heavy atom. The summed E-state index contributed by atoms with van der Waals surface area (Å²) in [4.78, 5) is 0. The van der Waals surface area contributed by atoms with Gasteiger partial charge in [0.1, 0.15) is 58.4 Å². The standard InChI is InChI=1S/C24BF20.C6H7N.C4H10O/c26-5-1(6(27)14(35)21(42)13(5)34)25(2-7(28)15(36)22(43)16(37)8(2)29,3-9(30)17(38)23(44)18(39)10(3)31)4-11(32)19(40)24(45)20(41)12(4)33;7-6-4-2-1-3-5-6;1-3-5-4-2/h;1-5H,7H2;3-4H2,1-2H3/q-1;;/p+1. The molecule has 0 radical (unpaired) electrons. The molecule has 0 saturated carbocycles. The van der Waals surface area contributed by atoms with Crippen molar-refractivity contribution >= 4 is 33.7 Å². The van der Waals surface area contributed by atoms with Gasteiger partial charge in [0.15, 0.2) is 69.8 Å². The summed E-state index contributed by atoms with van der Waals surface area (Å²) < 4.78 is 299. The minimum atomic E-state index is -7.22. The van der Waals surface area contributed by atoms with Crippen LogP contribution in [0.5, 0.6) is 0 Å². The molecule has 2 nitrogen and oxygen atoms in total. The Balaban J connectivity index is 0.000000622. The Kier molecular flexibility index (Phi) is 14.4. The first-order chi connectivity index (χ1) is 26.5. The van der Waals surface area contributed by atoms with E-state index >= 15 is 35.1 Å². The van der Waals surface area contributed by atoms with Crippen LogP contribution < -0.4 is 27.6 Å². The highest BCUT2D eigenvalue weighted by Crippen LogP contribution is 2.30. The third-order valence-electron chi connectivity index (χ3n) is 7.96. The minimum Gasteiger partial charge on any atom is -0.382 e. The van der Waals surface area contributed by atoms with E-state index < -0.39 is 144 Å². The van der Waals surface area contributed by atoms with Gasteiger partial charge in [0, 0.05) is 13.2 Å². The van der Waals surface area contributed by atoms with Gasteiger partial charge in [-0.1, -0.05) is 18.2 Å². The lowest BCUT2D eigenvalue weighted by molar-refractivity contribution is -0.254. The second kappa shape index (κ2) is 17.9. The zero-order valence-corrected chi connectivity index (χ0v) is 28.1. The highest BCUT2D eigenvalue weighted by molar-refractivity contribution is 7.20. The number of halogens is 20. The summed E-state index contributed by atoms with van der Waals surface area (Å²) in [6, 6.07) is 9.87. The average molecular weight is 847 g/mol. The van der Waals surface area contributed by atoms with E-state index in [1.165, 1.54) is 0 Å². The van der Waals surface area contributed by atoms with Crippen molar-refractivity contribution in [1.82, 2.24) is 0 Å². The molecule has 0 spiro atoms. The van der Waals surface area contributed by atoms with Gasteiger partial charge in [-0.2, -0.15) is 0 Å². The van der Waals surface area contributed by atoms with Crippen molar-refractivity contribution in [2.24, 2.45) is 0 Å². The minimum absolute atomic E-state index is 0.844. The van der Waals surface area contributed by atoms with Crippen LogP contribution >= 0.6 is 0 Å². The van der Waals surface area contributed by atoms with Crippen molar-refractivity contribution in [3.8, 4) is 0 Å². The van der Waals surface area contributed by atoms with Gasteiger partial charge in [0.2, 0.25) is 0 Å². The third kappa shape index (κ3) is 7.73. The molecule has 0 heterocycles. The molecule has 23 heteroatoms. The molecule has 5 aromatic carbocycles. The summed E-state index contributed by atoms with van der Waals surface area (Å²) in [5, 5.41) is 0. The molecule has 3 N–H and O–H groups in total. The molecule has 0 unspecified atom stereocenters. The van der Waals surface area contributed by atoms with E-state index in [4.69, 9.17) is 4.74 Å². The maximum Gasteiger partial charge on any atom is 0.200 e. The van der Waals surface area contributed by atoms with Gasteiger partial charge < -0.3 is 10.5 Å². The van der Waals surface area contributed by atoms with Crippen LogP contribution in [0.2, 0.25) is 0 Å². The normalized spacial score (nSPS) is 11.3. The maximum absolute atomic E-state index is 15.4. The van der Waals surface area contributed by atoms with Gasteiger partial charge in [-0.05, 0) is 26.0 Å². The number of quaternary nitrogens is 1. The Bertz CT molecular complexity index is 1940. The SMILES string of the molecule is CCOCC.Fc1c(F)c(F)c([B-](c2c(F)c(F)c(F)c(F)c2F)(c2c(F)c(F)c(F)c(F)c2F)c2c(F)c(F)c(F)c(F)c2F)c(F)c1F.[NH3+]c1ccccc1. The second-order valence-electron chi connectivity index (χ2n) is 11.1. The van der Waals surface area contributed by atoms with Crippen molar-refractivity contribution in [2.45, 2.75) is 13.8 Å². The van der Waals surface area contributed by atoms with Crippen LogP contribution in [0.1, 0.15) is 13.8 Å². The van der Waals surface area contributed by atoms with Gasteiger partial charge >= 0.3 is 0 Å². The molecule has 0 saturated heterocycles. The summed E-state index contributed by atoms with van der Waals surface area (Å²) in [6.07, 6.45) is -7.22. The first-order valence-electron chi connectivity index (χ1n) is 15.2. The smallest absolute Gasteiger partial charge is 0.200 e. The number of benzene rings is 5. The van der Waals surface area contributed by atoms with Crippen molar-refractivity contribution in [3.63, 3.8) is 0 Å². The summed E-state index contributed by atoms with van der Waals surface area (Å²) in [5.41, 5.74) is -9.54. The first kappa shape index (κ1) is 46.1. The van der Waals surface area contributed by atoms with Crippen LogP contribution in [0.3, 0.4) is 0 Å². The Hall–Kier alpha value is -5.32. The molecule has 5 aromatic rings. The van der Waals surface area contributed by atoms with E-state index in [9.17, 15) is 52.7 Å². The molecule has 0 amide bonds. The quantitative estimate of drug-likeness (QED) is 0.0821. The van der Waals surface area contributed by atoms with E-state index in [-0.39, 0.29) is 0 Å². The molecule has 0 atom stereocenters. The van der Waals surface area contributed by atoms with Gasteiger partial charge in [0.25, 0.3) is 0 Å². The van der Waals surface area contributed by atoms with Crippen molar-refractivity contribution in [2.75, 3.05) is 13.2 Å². The molecule has 0 aliphatic heterocycles. The van der Waals surface area contributed by atoms with Gasteiger partial charge in [0.05, 0.1) is 0 Å². The molecule has 0 aromatic heterocycles. The summed E-state index contributed by atoms with van der Waals surface area (Å²) in [5.74, 6) is -71.4. The summed E-state index contributed by atoms with van der Waals surface area (Å²) in [6.45, 7) is 5.67. The van der Waals surface area contributed by atoms with Crippen molar-refractivity contribution < 1.29 is 98.3 Å². The zero-order valence-electron chi connectivity index (χ0n) is 28.1. The molecular formula is C34H18BF20NO. The molecule has 0 aliphatic carbocycles. The monoisotopic (exact) mass is 847 g/mol. The lowest BCUT2D eigenvalue weighted by Crippen LogP contribution is -2.81. The average Bonchev–Trinajstić information content (AvgIpc) is 3.18. The van der Waals surface area contributed by atoms with Gasteiger partial charge in [-0.3, -0.25) is 0 Å². The fraction of sp³-hybridized carbons (Fsp3) is 0.118. The van der Waals surface area contributed by atoms with Crippen LogP contribution in [-0.2, 0) is 4.74 Å². The lowest BCUT2D eigenvalue weighted by atomic mass is 9.12. The fourth-order valence-electron chi connectivity index (χ4n) is 5.56. The number of rotatable bonds is 6. The van der Waals surface area contributed by atoms with Crippen LogP contribution in [0.25, 0.3) is 0 Å². The zero-order chi connectivity index (χ0) is 43.6. The van der Waals surface area contributed by atoms with Gasteiger partial charge in [-0.15, -0.1) is 21.9 Å². The number of hydrogen-bond donors (Lipinski definition) is 1. The molecule has 0 bridgehead atoms. The molecule has 0 fully saturated rings. The molecule has 5 rings (SSSR count). The topological polar surface area (TPSA) is 36.9 Å². The Morgan fingerprint density at radius 1 is 0.333 bits per heavy atom. The van der Waals surface area contributed by atoms with Crippen LogP contribution in [-0.4, -0.2) is 19.4 Å². The Labute approximate surface area is 306 Å². The van der Waals surface area contributed by atoms with E-state index in [0.29, 0.717) is 0 Å². The first-order valence-corrected chi connectivity index (χ1v) is 15.2. The lowest BCUT2D eigenvalue weighted by Gasteiger charge is -2.44. The van der Waals surface area contributed by atoms with E-state index in [0.717, 1.165) is 18.9 Å². The second-order valence-corrected chi connectivity index (χ2v) is 11.1. The number of ether oxygens (including phenoxy) is 1. The van der Waals surface area contributed by atoms with Crippen LogP contribution in [0, 0.1) is 116 Å². The highest BCUT2D eigenvalue weighted by atomic mass is 19.2. The van der Waals surface area contributed by atoms with Crippen LogP contribution in [0.15, 0.2) is 30.3 Å². The van der Waals surface area contributed by atoms with Gasteiger partial charge in [-0.25, -0.2) is 87.8 Å². The predicted molar refractivity (Wildman–Crippen MR) is 160 cm³/mol. The van der Waals surface area contributed by atoms with E-state index in [2.05, 4.69) is 5.73 Å². The van der Waals surface area contributed by atoms with Crippen molar-refractivity contribution in [1.29, 1.82) is 0 Å². The van der Waals surface area contributed by atoms with Crippen LogP contribution in [0.4, 0.5) is 93.5 Å². The summed E-state index contributed by atoms with van der Waals surface area (Å²) in [7, 11) is 0. The third-order valence-corrected chi connectivity index (χ3v) is 7.96. The van der Waals surface area contributed by atoms with Crippen molar-refractivity contribution in [3.05, 3.63) is 147 Å². The molecular weight excluding hydrogens is 829 g/mol. The summed E-state index contributed by atoms with van der Waals surface area (Å²) >= 11 is 0. The highest BCUT2D eigenvalue weighted by Gasteiger charge is 2.52. The largest absolute Gasteiger partial charge is 0.382 e. The molecule has 57 heavy (non-hydrogen) atoms. The molecule has 308 valence electrons. The van der Waals surface area contributed by atoms with E-state index in [1.807, 2.05) is 44.2 Å². The molecule has 0 aliphatic rings. The predicted octanol–water partition coefficient (Wildman–Crippen LogP) is 7.45. The fourth-order valence-corrected chi connectivity index (χ4v) is 5.56. The Morgan fingerprint density at radius 3 is 0.632 bits per heavy atom.